The zero-order chi connectivity index (χ0) is 19.9. The number of aliphatic hydroxyl groups excluding tert-OH is 1. The maximum absolute atomic E-state index is 9.66. The molecule has 2 heterocycles. The standard InChI is InChI=1S/C23H39N3O2/c1-4-28-23-8-6-5-7-20(23)17-25-14-15-26(18-22(25)11-16-27)21-9-12-24(13-10-21)19(2)3/h5-8,19,21-22,27H,4,9-18H2,1-3H3/t22-/m0/s1. The van der Waals surface area contributed by atoms with Crippen molar-refractivity contribution in [2.75, 3.05) is 45.9 Å². The van der Waals surface area contributed by atoms with Crippen LogP contribution >= 0.6 is 0 Å². The Kier molecular flexibility index (Phi) is 8.15. The van der Waals surface area contributed by atoms with E-state index in [1.54, 1.807) is 0 Å². The van der Waals surface area contributed by atoms with E-state index in [9.17, 15) is 5.11 Å². The summed E-state index contributed by atoms with van der Waals surface area (Å²) < 4.78 is 5.83. The molecule has 2 aliphatic rings. The van der Waals surface area contributed by atoms with E-state index in [2.05, 4.69) is 46.7 Å². The third kappa shape index (κ3) is 5.47. The molecule has 3 rings (SSSR count). The van der Waals surface area contributed by atoms with E-state index in [0.29, 0.717) is 24.7 Å². The van der Waals surface area contributed by atoms with Crippen molar-refractivity contribution in [3.8, 4) is 5.75 Å². The van der Waals surface area contributed by atoms with Crippen LogP contribution in [0, 0.1) is 0 Å². The summed E-state index contributed by atoms with van der Waals surface area (Å²) in [5, 5.41) is 9.66. The average Bonchev–Trinajstić information content (AvgIpc) is 2.71. The molecule has 0 saturated carbocycles. The van der Waals surface area contributed by atoms with Crippen molar-refractivity contribution in [3.63, 3.8) is 0 Å². The molecular formula is C23H39N3O2. The van der Waals surface area contributed by atoms with Crippen LogP contribution in [0.25, 0.3) is 0 Å². The molecule has 5 heteroatoms. The summed E-state index contributed by atoms with van der Waals surface area (Å²) in [5.74, 6) is 0.997. The Morgan fingerprint density at radius 1 is 1.11 bits per heavy atom. The number of ether oxygens (including phenoxy) is 1. The molecule has 1 atom stereocenters. The van der Waals surface area contributed by atoms with Crippen LogP contribution < -0.4 is 4.74 Å². The van der Waals surface area contributed by atoms with Gasteiger partial charge in [0.15, 0.2) is 0 Å². The van der Waals surface area contributed by atoms with Crippen molar-refractivity contribution in [2.45, 2.75) is 64.7 Å². The van der Waals surface area contributed by atoms with Crippen LogP contribution in [0.15, 0.2) is 24.3 Å². The quantitative estimate of drug-likeness (QED) is 0.740. The monoisotopic (exact) mass is 389 g/mol. The lowest BCUT2D eigenvalue weighted by Crippen LogP contribution is -2.57. The first-order valence-corrected chi connectivity index (χ1v) is 11.2. The number of rotatable bonds is 8. The van der Waals surface area contributed by atoms with E-state index in [4.69, 9.17) is 4.74 Å². The molecule has 1 N–H and O–H groups in total. The van der Waals surface area contributed by atoms with Crippen molar-refractivity contribution in [3.05, 3.63) is 29.8 Å². The zero-order valence-electron chi connectivity index (χ0n) is 18.0. The number of hydrogen-bond donors (Lipinski definition) is 1. The summed E-state index contributed by atoms with van der Waals surface area (Å²) in [4.78, 5) is 7.85. The third-order valence-electron chi connectivity index (χ3n) is 6.49. The van der Waals surface area contributed by atoms with E-state index < -0.39 is 0 Å². The molecule has 0 bridgehead atoms. The Morgan fingerprint density at radius 3 is 2.54 bits per heavy atom. The Hall–Kier alpha value is -1.14. The minimum absolute atomic E-state index is 0.258. The molecule has 1 aromatic carbocycles. The van der Waals surface area contributed by atoms with Crippen molar-refractivity contribution < 1.29 is 9.84 Å². The molecule has 1 aromatic rings. The second-order valence-electron chi connectivity index (χ2n) is 8.53. The zero-order valence-corrected chi connectivity index (χ0v) is 18.0. The van der Waals surface area contributed by atoms with Gasteiger partial charge in [0.05, 0.1) is 6.61 Å². The number of benzene rings is 1. The lowest BCUT2D eigenvalue weighted by atomic mass is 9.98. The predicted octanol–water partition coefficient (Wildman–Crippen LogP) is 2.83. The number of aliphatic hydroxyl groups is 1. The highest BCUT2D eigenvalue weighted by Gasteiger charge is 2.32. The van der Waals surface area contributed by atoms with Gasteiger partial charge in [-0.3, -0.25) is 9.80 Å². The number of likely N-dealkylation sites (tertiary alicyclic amines) is 1. The first-order valence-electron chi connectivity index (χ1n) is 11.2. The van der Waals surface area contributed by atoms with Crippen LogP contribution in [0.2, 0.25) is 0 Å². The van der Waals surface area contributed by atoms with E-state index in [1.165, 1.54) is 31.5 Å². The highest BCUT2D eigenvalue weighted by molar-refractivity contribution is 5.33. The van der Waals surface area contributed by atoms with Gasteiger partial charge in [-0.05, 0) is 59.2 Å². The molecule has 2 aliphatic heterocycles. The second-order valence-corrected chi connectivity index (χ2v) is 8.53. The van der Waals surface area contributed by atoms with Gasteiger partial charge < -0.3 is 14.7 Å². The number of piperidine rings is 1. The van der Waals surface area contributed by atoms with E-state index in [1.807, 2.05) is 13.0 Å². The highest BCUT2D eigenvalue weighted by atomic mass is 16.5. The van der Waals surface area contributed by atoms with E-state index in [-0.39, 0.29) is 6.61 Å². The Labute approximate surface area is 171 Å². The van der Waals surface area contributed by atoms with Gasteiger partial charge >= 0.3 is 0 Å². The fourth-order valence-corrected chi connectivity index (χ4v) is 4.80. The molecular weight excluding hydrogens is 350 g/mol. The number of hydrogen-bond acceptors (Lipinski definition) is 5. The fraction of sp³-hybridized carbons (Fsp3) is 0.739. The summed E-state index contributed by atoms with van der Waals surface area (Å²) in [6, 6.07) is 10.2. The van der Waals surface area contributed by atoms with Crippen LogP contribution in [0.1, 0.15) is 45.6 Å². The van der Waals surface area contributed by atoms with E-state index >= 15 is 0 Å². The number of nitrogens with zero attached hydrogens (tertiary/aromatic N) is 3. The minimum Gasteiger partial charge on any atom is -0.494 e. The van der Waals surface area contributed by atoms with Crippen molar-refractivity contribution in [1.29, 1.82) is 0 Å². The van der Waals surface area contributed by atoms with Crippen molar-refractivity contribution >= 4 is 0 Å². The van der Waals surface area contributed by atoms with Gasteiger partial charge in [0.1, 0.15) is 5.75 Å². The van der Waals surface area contributed by atoms with Gasteiger partial charge in [0, 0.05) is 56.5 Å². The maximum atomic E-state index is 9.66. The normalized spacial score (nSPS) is 23.4. The Bertz CT molecular complexity index is 587. The molecule has 158 valence electrons. The fourth-order valence-electron chi connectivity index (χ4n) is 4.80. The highest BCUT2D eigenvalue weighted by Crippen LogP contribution is 2.26. The molecule has 2 fully saturated rings. The Morgan fingerprint density at radius 2 is 1.86 bits per heavy atom. The lowest BCUT2D eigenvalue weighted by molar-refractivity contribution is 0.00959. The molecule has 2 saturated heterocycles. The van der Waals surface area contributed by atoms with Gasteiger partial charge in [-0.15, -0.1) is 0 Å². The largest absolute Gasteiger partial charge is 0.494 e. The van der Waals surface area contributed by atoms with E-state index in [0.717, 1.165) is 38.3 Å². The molecule has 28 heavy (non-hydrogen) atoms. The topological polar surface area (TPSA) is 39.2 Å². The van der Waals surface area contributed by atoms with Crippen LogP contribution in [-0.4, -0.2) is 83.9 Å². The van der Waals surface area contributed by atoms with Crippen LogP contribution in [-0.2, 0) is 6.54 Å². The first-order chi connectivity index (χ1) is 13.6. The summed E-state index contributed by atoms with van der Waals surface area (Å²) in [5.41, 5.74) is 1.26. The van der Waals surface area contributed by atoms with Gasteiger partial charge in [0.25, 0.3) is 0 Å². The SMILES string of the molecule is CCOc1ccccc1CN1CCN(C2CCN(C(C)C)CC2)C[C@@H]1CCO. The maximum Gasteiger partial charge on any atom is 0.123 e. The molecule has 0 spiro atoms. The third-order valence-corrected chi connectivity index (χ3v) is 6.49. The minimum atomic E-state index is 0.258. The van der Waals surface area contributed by atoms with Gasteiger partial charge in [0.2, 0.25) is 0 Å². The molecule has 0 aliphatic carbocycles. The smallest absolute Gasteiger partial charge is 0.123 e. The second kappa shape index (κ2) is 10.6. The summed E-state index contributed by atoms with van der Waals surface area (Å²) >= 11 is 0. The molecule has 0 aromatic heterocycles. The van der Waals surface area contributed by atoms with Gasteiger partial charge in [-0.25, -0.2) is 0 Å². The number of piperazine rings is 1. The van der Waals surface area contributed by atoms with Crippen LogP contribution in [0.3, 0.4) is 0 Å². The lowest BCUT2D eigenvalue weighted by Gasteiger charge is -2.47. The van der Waals surface area contributed by atoms with Crippen molar-refractivity contribution in [2.24, 2.45) is 0 Å². The Balaban J connectivity index is 1.60. The summed E-state index contributed by atoms with van der Waals surface area (Å²) in [6.45, 7) is 14.2. The van der Waals surface area contributed by atoms with Gasteiger partial charge in [-0.2, -0.15) is 0 Å². The molecule has 5 nitrogen and oxygen atoms in total. The molecule has 0 radical (unpaired) electrons. The summed E-state index contributed by atoms with van der Waals surface area (Å²) in [7, 11) is 0. The molecule has 0 amide bonds. The van der Waals surface area contributed by atoms with Crippen LogP contribution in [0.5, 0.6) is 5.75 Å². The van der Waals surface area contributed by atoms with Crippen molar-refractivity contribution in [1.82, 2.24) is 14.7 Å². The van der Waals surface area contributed by atoms with Gasteiger partial charge in [-0.1, -0.05) is 18.2 Å². The summed E-state index contributed by atoms with van der Waals surface area (Å²) in [6.07, 6.45) is 3.40. The number of para-hydroxylation sites is 1. The predicted molar refractivity (Wildman–Crippen MR) is 115 cm³/mol. The van der Waals surface area contributed by atoms with Crippen LogP contribution in [0.4, 0.5) is 0 Å². The first kappa shape index (κ1) is 21.6. The molecule has 0 unspecified atom stereocenters. The average molecular weight is 390 g/mol.